The van der Waals surface area contributed by atoms with Gasteiger partial charge in [-0.15, -0.1) is 0 Å². The average Bonchev–Trinajstić information content (AvgIpc) is 2.89. The van der Waals surface area contributed by atoms with Crippen molar-refractivity contribution in [3.05, 3.63) is 18.0 Å². The molecular weight excluding hydrogens is 292 g/mol. The number of sulfonamides is 1. The predicted octanol–water partition coefficient (Wildman–Crippen LogP) is 0.913. The Morgan fingerprint density at radius 3 is 2.71 bits per heavy atom. The predicted molar refractivity (Wildman–Crippen MR) is 75.2 cm³/mol. The number of aromatic nitrogens is 1. The maximum Gasteiger partial charge on any atom is 0.242 e. The number of fused-ring (bicyclic) bond motifs is 2. The summed E-state index contributed by atoms with van der Waals surface area (Å²) in [6.45, 7) is -0.136. The van der Waals surface area contributed by atoms with Crippen molar-refractivity contribution in [1.29, 1.82) is 0 Å². The molecule has 7 heteroatoms. The summed E-state index contributed by atoms with van der Waals surface area (Å²) in [6, 6.07) is 1.81. The fraction of sp³-hybridized carbons (Fsp3) is 0.714. The molecule has 0 amide bonds. The first-order chi connectivity index (χ1) is 10.1. The van der Waals surface area contributed by atoms with Crippen LogP contribution in [0.25, 0.3) is 0 Å². The van der Waals surface area contributed by atoms with E-state index in [0.717, 1.165) is 32.1 Å². The Kier molecular flexibility index (Phi) is 3.15. The van der Waals surface area contributed by atoms with E-state index in [1.54, 1.807) is 12.3 Å². The van der Waals surface area contributed by atoms with Gasteiger partial charge in [-0.3, -0.25) is 0 Å². The monoisotopic (exact) mass is 312 g/mol. The second-order valence-electron chi connectivity index (χ2n) is 6.30. The summed E-state index contributed by atoms with van der Waals surface area (Å²) >= 11 is 0. The van der Waals surface area contributed by atoms with Crippen LogP contribution in [0, 0.1) is 0 Å². The van der Waals surface area contributed by atoms with Crippen molar-refractivity contribution in [3.63, 3.8) is 0 Å². The zero-order valence-corrected chi connectivity index (χ0v) is 12.6. The molecule has 116 valence electrons. The molecule has 0 radical (unpaired) electrons. The standard InChI is InChI=1S/C14H20N2O4S/c17-8-10-5-12(7-16(10)9-1-2-9)21(18,19)15-13-6-11-3-4-14(13)20-11/h5,7,9,11,13-15,17H,1-4,6,8H2. The van der Waals surface area contributed by atoms with E-state index in [-0.39, 0.29) is 29.8 Å². The molecule has 3 fully saturated rings. The second kappa shape index (κ2) is 4.81. The van der Waals surface area contributed by atoms with Crippen LogP contribution in [0.2, 0.25) is 0 Å². The smallest absolute Gasteiger partial charge is 0.242 e. The SMILES string of the molecule is O=S(=O)(NC1CC2CCC1O2)c1cc(CO)n(C2CC2)c1. The summed E-state index contributed by atoms with van der Waals surface area (Å²) in [4.78, 5) is 0.251. The first-order valence-electron chi connectivity index (χ1n) is 7.56. The van der Waals surface area contributed by atoms with Gasteiger partial charge in [0.05, 0.1) is 29.8 Å². The van der Waals surface area contributed by atoms with Crippen molar-refractivity contribution < 1.29 is 18.3 Å². The van der Waals surface area contributed by atoms with Gasteiger partial charge >= 0.3 is 0 Å². The largest absolute Gasteiger partial charge is 0.390 e. The molecule has 3 aliphatic rings. The van der Waals surface area contributed by atoms with Crippen molar-refractivity contribution in [2.24, 2.45) is 0 Å². The van der Waals surface area contributed by atoms with Crippen LogP contribution in [0.15, 0.2) is 17.2 Å². The van der Waals surface area contributed by atoms with Crippen LogP contribution < -0.4 is 4.72 Å². The first-order valence-corrected chi connectivity index (χ1v) is 9.04. The molecule has 1 aliphatic carbocycles. The van der Waals surface area contributed by atoms with Gasteiger partial charge in [0.2, 0.25) is 10.0 Å². The van der Waals surface area contributed by atoms with E-state index < -0.39 is 10.0 Å². The second-order valence-corrected chi connectivity index (χ2v) is 8.02. The minimum absolute atomic E-state index is 0.0209. The minimum Gasteiger partial charge on any atom is -0.390 e. The molecule has 21 heavy (non-hydrogen) atoms. The summed E-state index contributed by atoms with van der Waals surface area (Å²) in [5.41, 5.74) is 0.669. The van der Waals surface area contributed by atoms with Gasteiger partial charge in [0.1, 0.15) is 0 Å². The van der Waals surface area contributed by atoms with Crippen LogP contribution >= 0.6 is 0 Å². The number of nitrogens with one attached hydrogen (secondary N) is 1. The van der Waals surface area contributed by atoms with E-state index in [0.29, 0.717) is 11.7 Å². The Morgan fingerprint density at radius 1 is 1.33 bits per heavy atom. The molecule has 3 heterocycles. The first kappa shape index (κ1) is 13.8. The maximum atomic E-state index is 12.5. The van der Waals surface area contributed by atoms with Crippen molar-refractivity contribution >= 4 is 10.0 Å². The fourth-order valence-electron chi connectivity index (χ4n) is 3.49. The quantitative estimate of drug-likeness (QED) is 0.847. The van der Waals surface area contributed by atoms with Crippen LogP contribution in [0.3, 0.4) is 0 Å². The molecule has 0 aromatic carbocycles. The number of nitrogens with zero attached hydrogens (tertiary/aromatic N) is 1. The molecule has 2 N–H and O–H groups in total. The molecule has 2 saturated heterocycles. The van der Waals surface area contributed by atoms with Gasteiger partial charge in [-0.25, -0.2) is 13.1 Å². The lowest BCUT2D eigenvalue weighted by Crippen LogP contribution is -2.41. The average molecular weight is 312 g/mol. The Hall–Kier alpha value is -0.890. The van der Waals surface area contributed by atoms with E-state index in [9.17, 15) is 13.5 Å². The van der Waals surface area contributed by atoms with Gasteiger partial charge in [-0.05, 0) is 38.2 Å². The van der Waals surface area contributed by atoms with E-state index in [1.807, 2.05) is 4.57 Å². The number of hydrogen-bond acceptors (Lipinski definition) is 4. The Bertz CT molecular complexity index is 650. The van der Waals surface area contributed by atoms with Crippen molar-refractivity contribution in [2.45, 2.75) is 67.9 Å². The van der Waals surface area contributed by atoms with Crippen molar-refractivity contribution in [2.75, 3.05) is 0 Å². The molecule has 6 nitrogen and oxygen atoms in total. The van der Waals surface area contributed by atoms with Crippen molar-refractivity contribution in [1.82, 2.24) is 9.29 Å². The Balaban J connectivity index is 1.56. The van der Waals surface area contributed by atoms with Gasteiger partial charge in [0.15, 0.2) is 0 Å². The molecule has 3 atom stereocenters. The lowest BCUT2D eigenvalue weighted by molar-refractivity contribution is 0.0996. The lowest BCUT2D eigenvalue weighted by atomic mass is 9.96. The summed E-state index contributed by atoms with van der Waals surface area (Å²) in [6.07, 6.45) is 6.72. The molecule has 0 spiro atoms. The summed E-state index contributed by atoms with van der Waals surface area (Å²) in [7, 11) is -3.55. The molecule has 1 aromatic rings. The lowest BCUT2D eigenvalue weighted by Gasteiger charge is -2.19. The molecule has 4 rings (SSSR count). The van der Waals surface area contributed by atoms with Crippen LogP contribution in [0.4, 0.5) is 0 Å². The molecule has 2 aliphatic heterocycles. The summed E-state index contributed by atoms with van der Waals surface area (Å²) < 4.78 is 35.4. The third kappa shape index (κ3) is 2.42. The van der Waals surface area contributed by atoms with Gasteiger partial charge in [-0.1, -0.05) is 0 Å². The number of aliphatic hydroxyl groups is 1. The number of hydrogen-bond donors (Lipinski definition) is 2. The zero-order valence-electron chi connectivity index (χ0n) is 11.7. The van der Waals surface area contributed by atoms with E-state index in [4.69, 9.17) is 4.74 Å². The highest BCUT2D eigenvalue weighted by molar-refractivity contribution is 7.89. The summed E-state index contributed by atoms with van der Waals surface area (Å²) in [5.74, 6) is 0. The van der Waals surface area contributed by atoms with Crippen molar-refractivity contribution in [3.8, 4) is 0 Å². The van der Waals surface area contributed by atoms with Crippen LogP contribution in [-0.2, 0) is 21.4 Å². The van der Waals surface area contributed by atoms with Crippen LogP contribution in [-0.4, -0.2) is 36.3 Å². The molecule has 1 saturated carbocycles. The van der Waals surface area contributed by atoms with Gasteiger partial charge in [-0.2, -0.15) is 0 Å². The van der Waals surface area contributed by atoms with Gasteiger partial charge < -0.3 is 14.4 Å². The summed E-state index contributed by atoms with van der Waals surface area (Å²) in [5, 5.41) is 9.39. The van der Waals surface area contributed by atoms with E-state index in [1.165, 1.54) is 0 Å². The zero-order chi connectivity index (χ0) is 14.6. The Morgan fingerprint density at radius 2 is 2.14 bits per heavy atom. The van der Waals surface area contributed by atoms with E-state index >= 15 is 0 Å². The van der Waals surface area contributed by atoms with Gasteiger partial charge in [0.25, 0.3) is 0 Å². The fourth-order valence-corrected chi connectivity index (χ4v) is 4.82. The molecule has 2 bridgehead atoms. The third-order valence-electron chi connectivity index (χ3n) is 4.73. The normalized spacial score (nSPS) is 32.0. The number of aliphatic hydroxyl groups excluding tert-OH is 1. The van der Waals surface area contributed by atoms with Crippen LogP contribution in [0.1, 0.15) is 43.8 Å². The maximum absolute atomic E-state index is 12.5. The van der Waals surface area contributed by atoms with E-state index in [2.05, 4.69) is 4.72 Å². The topological polar surface area (TPSA) is 80.6 Å². The minimum atomic E-state index is -3.55. The molecule has 3 unspecified atom stereocenters. The highest BCUT2D eigenvalue weighted by Crippen LogP contribution is 2.38. The number of ether oxygens (including phenoxy) is 1. The third-order valence-corrected chi connectivity index (χ3v) is 6.19. The highest BCUT2D eigenvalue weighted by Gasteiger charge is 2.42. The number of rotatable bonds is 5. The van der Waals surface area contributed by atoms with Crippen LogP contribution in [0.5, 0.6) is 0 Å². The highest BCUT2D eigenvalue weighted by atomic mass is 32.2. The Labute approximate surface area is 124 Å². The molecular formula is C14H20N2O4S. The molecule has 1 aromatic heterocycles. The van der Waals surface area contributed by atoms with Gasteiger partial charge in [0, 0.05) is 17.9 Å².